The van der Waals surface area contributed by atoms with Crippen molar-refractivity contribution in [2.45, 2.75) is 25.8 Å². The molecule has 1 atom stereocenters. The summed E-state index contributed by atoms with van der Waals surface area (Å²) >= 11 is 9.58. The second-order valence-electron chi connectivity index (χ2n) is 5.75. The first-order chi connectivity index (χ1) is 9.89. The largest absolute Gasteiger partial charge is 0.372 e. The van der Waals surface area contributed by atoms with E-state index >= 15 is 0 Å². The highest BCUT2D eigenvalue weighted by atomic mass is 79.9. The van der Waals surface area contributed by atoms with Crippen LogP contribution in [0.1, 0.15) is 28.4 Å². The quantitative estimate of drug-likeness (QED) is 0.810. The Bertz CT molecular complexity index is 744. The molecule has 2 aromatic carbocycles. The molecule has 0 amide bonds. The Morgan fingerprint density at radius 2 is 2.00 bits per heavy atom. The lowest BCUT2D eigenvalue weighted by Gasteiger charge is -2.24. The van der Waals surface area contributed by atoms with Gasteiger partial charge in [0.2, 0.25) is 0 Å². The summed E-state index contributed by atoms with van der Waals surface area (Å²) < 4.78 is 1.03. The third-order valence-electron chi connectivity index (χ3n) is 3.89. The zero-order valence-corrected chi connectivity index (χ0v) is 14.2. The summed E-state index contributed by atoms with van der Waals surface area (Å²) in [6.07, 6.45) is 0.624. The summed E-state index contributed by atoms with van der Waals surface area (Å²) in [5.74, 6) is 0.0903. The fourth-order valence-corrected chi connectivity index (χ4v) is 3.57. The zero-order valence-electron chi connectivity index (χ0n) is 11.8. The van der Waals surface area contributed by atoms with Crippen molar-refractivity contribution in [3.05, 3.63) is 62.6 Å². The molecule has 1 unspecified atom stereocenters. The van der Waals surface area contributed by atoms with E-state index in [0.717, 1.165) is 15.7 Å². The van der Waals surface area contributed by atoms with E-state index in [0.29, 0.717) is 17.0 Å². The maximum absolute atomic E-state index is 12.7. The van der Waals surface area contributed by atoms with Gasteiger partial charge in [-0.3, -0.25) is 4.79 Å². The molecule has 0 fully saturated rings. The molecule has 108 valence electrons. The molecular weight excluding hydrogens is 350 g/mol. The number of halogens is 2. The average Bonchev–Trinajstić information content (AvgIpc) is 2.66. The van der Waals surface area contributed by atoms with Crippen LogP contribution in [0.5, 0.6) is 0 Å². The number of Topliss-reactive ketones (excluding diaryl/α,β-unsaturated/α-hetero) is 1. The van der Waals surface area contributed by atoms with Gasteiger partial charge >= 0.3 is 0 Å². The molecule has 1 aliphatic rings. The third kappa shape index (κ3) is 2.60. The molecule has 1 aliphatic heterocycles. The van der Waals surface area contributed by atoms with Crippen LogP contribution in [-0.2, 0) is 6.42 Å². The number of hydrogen-bond donors (Lipinski definition) is 1. The molecule has 0 saturated carbocycles. The van der Waals surface area contributed by atoms with E-state index in [-0.39, 0.29) is 5.78 Å². The smallest absolute Gasteiger partial charge is 0.190 e. The van der Waals surface area contributed by atoms with Crippen LogP contribution in [0, 0.1) is 6.92 Å². The minimum Gasteiger partial charge on any atom is -0.372 e. The summed E-state index contributed by atoms with van der Waals surface area (Å²) in [7, 11) is 0. The molecule has 4 heteroatoms. The van der Waals surface area contributed by atoms with Crippen LogP contribution in [0.3, 0.4) is 0 Å². The summed E-state index contributed by atoms with van der Waals surface area (Å²) in [6, 6.07) is 11.6. The lowest BCUT2D eigenvalue weighted by Crippen LogP contribution is -2.40. The van der Waals surface area contributed by atoms with E-state index in [1.54, 1.807) is 12.1 Å². The number of aryl methyl sites for hydroxylation is 1. The molecule has 0 saturated heterocycles. The highest BCUT2D eigenvalue weighted by molar-refractivity contribution is 9.10. The zero-order chi connectivity index (χ0) is 15.2. The number of ketones is 1. The lowest BCUT2D eigenvalue weighted by atomic mass is 9.88. The van der Waals surface area contributed by atoms with Gasteiger partial charge in [-0.15, -0.1) is 0 Å². The average molecular weight is 365 g/mol. The van der Waals surface area contributed by atoms with Crippen LogP contribution >= 0.6 is 27.5 Å². The van der Waals surface area contributed by atoms with Crippen molar-refractivity contribution in [2.24, 2.45) is 0 Å². The van der Waals surface area contributed by atoms with Crippen LogP contribution in [0.15, 0.2) is 40.9 Å². The number of benzene rings is 2. The summed E-state index contributed by atoms with van der Waals surface area (Å²) in [5, 5.41) is 3.94. The minimum absolute atomic E-state index is 0.0903. The molecular formula is C17H15BrClNO. The lowest BCUT2D eigenvalue weighted by molar-refractivity contribution is 0.0929. The van der Waals surface area contributed by atoms with Gasteiger partial charge in [0, 0.05) is 27.2 Å². The Morgan fingerprint density at radius 3 is 2.71 bits per heavy atom. The highest BCUT2D eigenvalue weighted by Crippen LogP contribution is 2.37. The first kappa shape index (κ1) is 14.6. The standard InChI is InChI=1S/C17H15BrClNO/c1-10-3-4-11(14(18)7-10)9-17(2)16(21)13-8-12(19)5-6-15(13)20-17/h3-8,20H,9H2,1-2H3. The Labute approximate surface area is 137 Å². The Kier molecular flexibility index (Phi) is 3.58. The van der Waals surface area contributed by atoms with Crippen molar-refractivity contribution in [3.8, 4) is 0 Å². The summed E-state index contributed by atoms with van der Waals surface area (Å²) in [4.78, 5) is 12.7. The maximum Gasteiger partial charge on any atom is 0.190 e. The Morgan fingerprint density at radius 1 is 1.24 bits per heavy atom. The number of rotatable bonds is 2. The fraction of sp³-hybridized carbons (Fsp3) is 0.235. The van der Waals surface area contributed by atoms with Crippen molar-refractivity contribution in [1.82, 2.24) is 0 Å². The number of fused-ring (bicyclic) bond motifs is 1. The molecule has 1 heterocycles. The molecule has 0 radical (unpaired) electrons. The minimum atomic E-state index is -0.634. The molecule has 0 aliphatic carbocycles. The van der Waals surface area contributed by atoms with Crippen LogP contribution in [0.2, 0.25) is 5.02 Å². The Balaban J connectivity index is 1.95. The summed E-state index contributed by atoms with van der Waals surface area (Å²) in [5.41, 5.74) is 3.20. The van der Waals surface area contributed by atoms with E-state index < -0.39 is 5.54 Å². The van der Waals surface area contributed by atoms with Gasteiger partial charge in [0.25, 0.3) is 0 Å². The predicted molar refractivity (Wildman–Crippen MR) is 90.4 cm³/mol. The van der Waals surface area contributed by atoms with E-state index in [1.807, 2.05) is 19.9 Å². The Hall–Kier alpha value is -1.32. The molecule has 0 aromatic heterocycles. The van der Waals surface area contributed by atoms with Crippen LogP contribution in [0.4, 0.5) is 5.69 Å². The number of carbonyl (C=O) groups excluding carboxylic acids is 1. The van der Waals surface area contributed by atoms with E-state index in [4.69, 9.17) is 11.6 Å². The number of anilines is 1. The van der Waals surface area contributed by atoms with Gasteiger partial charge in [-0.05, 0) is 49.2 Å². The molecule has 0 spiro atoms. The van der Waals surface area contributed by atoms with E-state index in [9.17, 15) is 4.79 Å². The van der Waals surface area contributed by atoms with Gasteiger partial charge < -0.3 is 5.32 Å². The van der Waals surface area contributed by atoms with Gasteiger partial charge in [0.1, 0.15) is 5.54 Å². The van der Waals surface area contributed by atoms with Crippen molar-refractivity contribution >= 4 is 39.0 Å². The molecule has 3 rings (SSSR count). The molecule has 1 N–H and O–H groups in total. The van der Waals surface area contributed by atoms with Gasteiger partial charge in [0.05, 0.1) is 0 Å². The third-order valence-corrected chi connectivity index (χ3v) is 4.86. The first-order valence-electron chi connectivity index (χ1n) is 6.77. The molecule has 2 nitrogen and oxygen atoms in total. The van der Waals surface area contributed by atoms with Crippen molar-refractivity contribution < 1.29 is 4.79 Å². The van der Waals surface area contributed by atoms with Crippen LogP contribution < -0.4 is 5.32 Å². The predicted octanol–water partition coefficient (Wildman–Crippen LogP) is 5.02. The number of hydrogen-bond acceptors (Lipinski definition) is 2. The topological polar surface area (TPSA) is 29.1 Å². The van der Waals surface area contributed by atoms with E-state index in [2.05, 4.69) is 39.4 Å². The normalized spacial score (nSPS) is 20.3. The molecule has 2 aromatic rings. The maximum atomic E-state index is 12.7. The number of carbonyl (C=O) groups is 1. The second-order valence-corrected chi connectivity index (χ2v) is 7.04. The monoisotopic (exact) mass is 363 g/mol. The van der Waals surface area contributed by atoms with Crippen molar-refractivity contribution in [2.75, 3.05) is 5.32 Å². The summed E-state index contributed by atoms with van der Waals surface area (Å²) in [6.45, 7) is 3.99. The highest BCUT2D eigenvalue weighted by Gasteiger charge is 2.41. The first-order valence-corrected chi connectivity index (χ1v) is 7.94. The van der Waals surface area contributed by atoms with Gasteiger partial charge in [0.15, 0.2) is 5.78 Å². The fourth-order valence-electron chi connectivity index (χ4n) is 2.77. The van der Waals surface area contributed by atoms with E-state index in [1.165, 1.54) is 5.56 Å². The molecule has 21 heavy (non-hydrogen) atoms. The van der Waals surface area contributed by atoms with Gasteiger partial charge in [-0.25, -0.2) is 0 Å². The van der Waals surface area contributed by atoms with Gasteiger partial charge in [-0.2, -0.15) is 0 Å². The van der Waals surface area contributed by atoms with Crippen LogP contribution in [-0.4, -0.2) is 11.3 Å². The van der Waals surface area contributed by atoms with Crippen LogP contribution in [0.25, 0.3) is 0 Å². The van der Waals surface area contributed by atoms with Crippen molar-refractivity contribution in [1.29, 1.82) is 0 Å². The second kappa shape index (κ2) is 5.15. The van der Waals surface area contributed by atoms with Crippen molar-refractivity contribution in [3.63, 3.8) is 0 Å². The molecule has 0 bridgehead atoms. The SMILES string of the molecule is Cc1ccc(CC2(C)Nc3ccc(Cl)cc3C2=O)c(Br)c1. The number of nitrogens with one attached hydrogen (secondary N) is 1. The van der Waals surface area contributed by atoms with Gasteiger partial charge in [-0.1, -0.05) is 39.7 Å².